The fourth-order valence-electron chi connectivity index (χ4n) is 1.75. The summed E-state index contributed by atoms with van der Waals surface area (Å²) in [5.41, 5.74) is 4.26. The molecule has 0 bridgehead atoms. The summed E-state index contributed by atoms with van der Waals surface area (Å²) in [6.07, 6.45) is 0.733. The Kier molecular flexibility index (Phi) is 4.50. The van der Waals surface area contributed by atoms with Crippen molar-refractivity contribution in [3.8, 4) is 0 Å². The van der Waals surface area contributed by atoms with Crippen molar-refractivity contribution in [2.75, 3.05) is 0 Å². The molecule has 1 aromatic carbocycles. The first-order valence-electron chi connectivity index (χ1n) is 5.56. The van der Waals surface area contributed by atoms with Crippen molar-refractivity contribution >= 4 is 27.3 Å². The molecule has 1 unspecified atom stereocenters. The van der Waals surface area contributed by atoms with Crippen LogP contribution in [0.1, 0.15) is 22.0 Å². The van der Waals surface area contributed by atoms with Crippen molar-refractivity contribution in [3.05, 3.63) is 55.9 Å². The molecule has 0 saturated carbocycles. The summed E-state index contributed by atoms with van der Waals surface area (Å²) in [4.78, 5) is 1.19. The van der Waals surface area contributed by atoms with Gasteiger partial charge < -0.3 is 0 Å². The lowest BCUT2D eigenvalue weighted by Gasteiger charge is -2.16. The maximum Gasteiger partial charge on any atom is 0.126 e. The largest absolute Gasteiger partial charge is 0.271 e. The molecule has 1 atom stereocenters. The van der Waals surface area contributed by atoms with Crippen LogP contribution < -0.4 is 11.3 Å². The van der Waals surface area contributed by atoms with E-state index in [2.05, 4.69) is 21.4 Å². The van der Waals surface area contributed by atoms with Gasteiger partial charge in [0.05, 0.1) is 6.04 Å². The topological polar surface area (TPSA) is 38.0 Å². The van der Waals surface area contributed by atoms with Crippen LogP contribution in [0.2, 0.25) is 0 Å². The van der Waals surface area contributed by atoms with E-state index >= 15 is 0 Å². The molecule has 2 rings (SSSR count). The quantitative estimate of drug-likeness (QED) is 0.663. The summed E-state index contributed by atoms with van der Waals surface area (Å²) in [7, 11) is 0. The van der Waals surface area contributed by atoms with Crippen molar-refractivity contribution in [2.24, 2.45) is 5.84 Å². The van der Waals surface area contributed by atoms with E-state index in [1.807, 2.05) is 17.5 Å². The SMILES string of the molecule is Cc1ccc(C(Cc2sccc2Br)NN)cc1F. The summed E-state index contributed by atoms with van der Waals surface area (Å²) in [5, 5.41) is 2.02. The third kappa shape index (κ3) is 2.98. The molecule has 0 spiro atoms. The van der Waals surface area contributed by atoms with E-state index in [0.717, 1.165) is 16.5 Å². The second kappa shape index (κ2) is 5.93. The van der Waals surface area contributed by atoms with Crippen molar-refractivity contribution in [3.63, 3.8) is 0 Å². The Hall–Kier alpha value is -0.750. The molecule has 18 heavy (non-hydrogen) atoms. The summed E-state index contributed by atoms with van der Waals surface area (Å²) >= 11 is 5.15. The van der Waals surface area contributed by atoms with Crippen LogP contribution in [0, 0.1) is 12.7 Å². The molecule has 0 fully saturated rings. The van der Waals surface area contributed by atoms with Crippen LogP contribution in [0.25, 0.3) is 0 Å². The molecule has 1 heterocycles. The summed E-state index contributed by atoms with van der Waals surface area (Å²) < 4.78 is 14.6. The second-order valence-corrected chi connectivity index (χ2v) is 5.98. The van der Waals surface area contributed by atoms with Gasteiger partial charge in [-0.1, -0.05) is 12.1 Å². The highest BCUT2D eigenvalue weighted by molar-refractivity contribution is 9.10. The number of hydrogen-bond donors (Lipinski definition) is 2. The molecular weight excluding hydrogens is 315 g/mol. The minimum Gasteiger partial charge on any atom is -0.271 e. The third-order valence-corrected chi connectivity index (χ3v) is 4.83. The van der Waals surface area contributed by atoms with Gasteiger partial charge in [0.2, 0.25) is 0 Å². The van der Waals surface area contributed by atoms with Crippen molar-refractivity contribution in [1.29, 1.82) is 0 Å². The van der Waals surface area contributed by atoms with Gasteiger partial charge in [-0.25, -0.2) is 4.39 Å². The minimum atomic E-state index is -0.196. The summed E-state index contributed by atoms with van der Waals surface area (Å²) in [6, 6.07) is 7.14. The van der Waals surface area contributed by atoms with Gasteiger partial charge in [0.15, 0.2) is 0 Å². The first-order chi connectivity index (χ1) is 8.61. The molecular formula is C13H14BrFN2S. The predicted octanol–water partition coefficient (Wildman–Crippen LogP) is 3.71. The maximum absolute atomic E-state index is 13.6. The highest BCUT2D eigenvalue weighted by Gasteiger charge is 2.14. The average molecular weight is 329 g/mol. The standard InChI is InChI=1S/C13H14BrFN2S/c1-8-2-3-9(6-11(8)15)12(17-16)7-13-10(14)4-5-18-13/h2-6,12,17H,7,16H2,1H3. The third-order valence-electron chi connectivity index (χ3n) is 2.88. The first kappa shape index (κ1) is 13.7. The molecule has 0 aliphatic rings. The van der Waals surface area contributed by atoms with E-state index in [0.29, 0.717) is 5.56 Å². The fraction of sp³-hybridized carbons (Fsp3) is 0.231. The van der Waals surface area contributed by atoms with E-state index in [9.17, 15) is 4.39 Å². The summed E-state index contributed by atoms with van der Waals surface area (Å²) in [6.45, 7) is 1.75. The number of rotatable bonds is 4. The molecule has 1 aromatic heterocycles. The monoisotopic (exact) mass is 328 g/mol. The second-order valence-electron chi connectivity index (χ2n) is 4.12. The molecule has 0 radical (unpaired) electrons. The number of thiophene rings is 1. The Labute approximate surface area is 118 Å². The van der Waals surface area contributed by atoms with Crippen LogP contribution in [0.3, 0.4) is 0 Å². The van der Waals surface area contributed by atoms with E-state index < -0.39 is 0 Å². The van der Waals surface area contributed by atoms with Gasteiger partial charge in [-0.2, -0.15) is 0 Å². The normalized spacial score (nSPS) is 12.7. The lowest BCUT2D eigenvalue weighted by Crippen LogP contribution is -2.29. The minimum absolute atomic E-state index is 0.0879. The number of aryl methyl sites for hydroxylation is 1. The lowest BCUT2D eigenvalue weighted by molar-refractivity contribution is 0.546. The molecule has 96 valence electrons. The van der Waals surface area contributed by atoms with Gasteiger partial charge >= 0.3 is 0 Å². The van der Waals surface area contributed by atoms with E-state index in [1.54, 1.807) is 30.4 Å². The zero-order valence-corrected chi connectivity index (χ0v) is 12.3. The van der Waals surface area contributed by atoms with Crippen LogP contribution in [0.15, 0.2) is 34.1 Å². The van der Waals surface area contributed by atoms with Crippen LogP contribution in [-0.2, 0) is 6.42 Å². The lowest BCUT2D eigenvalue weighted by atomic mass is 10.0. The average Bonchev–Trinajstić information content (AvgIpc) is 2.75. The number of nitrogens with one attached hydrogen (secondary N) is 1. The first-order valence-corrected chi connectivity index (χ1v) is 7.23. The maximum atomic E-state index is 13.6. The van der Waals surface area contributed by atoms with Gasteiger partial charge in [-0.3, -0.25) is 11.3 Å². The van der Waals surface area contributed by atoms with Crippen LogP contribution in [0.5, 0.6) is 0 Å². The number of halogens is 2. The van der Waals surface area contributed by atoms with Crippen LogP contribution in [-0.4, -0.2) is 0 Å². The van der Waals surface area contributed by atoms with E-state index in [4.69, 9.17) is 5.84 Å². The molecule has 3 N–H and O–H groups in total. The van der Waals surface area contributed by atoms with Gasteiger partial charge in [-0.15, -0.1) is 11.3 Å². The van der Waals surface area contributed by atoms with E-state index in [-0.39, 0.29) is 11.9 Å². The molecule has 2 aromatic rings. The van der Waals surface area contributed by atoms with E-state index in [1.165, 1.54) is 4.88 Å². The number of hydrazine groups is 1. The Bertz CT molecular complexity index is 542. The molecule has 0 aliphatic heterocycles. The Morgan fingerprint density at radius 2 is 2.22 bits per heavy atom. The van der Waals surface area contributed by atoms with Gasteiger partial charge in [0.25, 0.3) is 0 Å². The van der Waals surface area contributed by atoms with Crippen molar-refractivity contribution < 1.29 is 4.39 Å². The Balaban J connectivity index is 2.23. The molecule has 0 saturated heterocycles. The number of nitrogens with two attached hydrogens (primary N) is 1. The predicted molar refractivity (Wildman–Crippen MR) is 76.9 cm³/mol. The zero-order valence-electron chi connectivity index (χ0n) is 9.91. The fourth-order valence-corrected chi connectivity index (χ4v) is 3.32. The highest BCUT2D eigenvalue weighted by atomic mass is 79.9. The van der Waals surface area contributed by atoms with Crippen LogP contribution >= 0.6 is 27.3 Å². The Morgan fingerprint density at radius 3 is 2.78 bits per heavy atom. The van der Waals surface area contributed by atoms with Crippen molar-refractivity contribution in [2.45, 2.75) is 19.4 Å². The molecule has 2 nitrogen and oxygen atoms in total. The smallest absolute Gasteiger partial charge is 0.126 e. The van der Waals surface area contributed by atoms with Crippen LogP contribution in [0.4, 0.5) is 4.39 Å². The van der Waals surface area contributed by atoms with Crippen molar-refractivity contribution in [1.82, 2.24) is 5.43 Å². The highest BCUT2D eigenvalue weighted by Crippen LogP contribution is 2.28. The zero-order chi connectivity index (χ0) is 13.1. The van der Waals surface area contributed by atoms with Gasteiger partial charge in [0, 0.05) is 15.8 Å². The molecule has 0 aliphatic carbocycles. The number of hydrogen-bond acceptors (Lipinski definition) is 3. The number of benzene rings is 1. The molecule has 5 heteroatoms. The van der Waals surface area contributed by atoms with Gasteiger partial charge in [-0.05, 0) is 51.5 Å². The Morgan fingerprint density at radius 1 is 1.44 bits per heavy atom. The summed E-state index contributed by atoms with van der Waals surface area (Å²) in [5.74, 6) is 5.38. The van der Waals surface area contributed by atoms with Gasteiger partial charge in [0.1, 0.15) is 5.82 Å². The molecule has 0 amide bonds.